The summed E-state index contributed by atoms with van der Waals surface area (Å²) in [4.78, 5) is 33.6. The summed E-state index contributed by atoms with van der Waals surface area (Å²) in [5.74, 6) is 1.41. The number of nitrogens with zero attached hydrogens (tertiary/aromatic N) is 5. The highest BCUT2D eigenvalue weighted by Crippen LogP contribution is 2.37. The van der Waals surface area contributed by atoms with E-state index in [1.165, 1.54) is 17.8 Å². The first-order chi connectivity index (χ1) is 22.7. The molecule has 5 rings (SSSR count). The van der Waals surface area contributed by atoms with Gasteiger partial charge in [-0.15, -0.1) is 0 Å². The summed E-state index contributed by atoms with van der Waals surface area (Å²) in [7, 11) is 3.16. The molecule has 0 saturated carbocycles. The van der Waals surface area contributed by atoms with Crippen molar-refractivity contribution in [3.8, 4) is 17.6 Å². The van der Waals surface area contributed by atoms with Crippen molar-refractivity contribution in [3.05, 3.63) is 85.8 Å². The molecule has 2 aromatic carbocycles. The number of piperazine rings is 1. The van der Waals surface area contributed by atoms with Crippen LogP contribution in [-0.2, 0) is 17.8 Å². The number of ether oxygens (including phenoxy) is 2. The summed E-state index contributed by atoms with van der Waals surface area (Å²) in [5, 5.41) is 10.0. The maximum absolute atomic E-state index is 14.6. The third-order valence-electron chi connectivity index (χ3n) is 8.58. The molecule has 12 heteroatoms. The van der Waals surface area contributed by atoms with Crippen LogP contribution in [0.25, 0.3) is 6.08 Å². The lowest BCUT2D eigenvalue weighted by atomic mass is 10.0. The number of pyridine rings is 1. The van der Waals surface area contributed by atoms with E-state index in [4.69, 9.17) is 21.7 Å². The van der Waals surface area contributed by atoms with Crippen molar-refractivity contribution >= 4 is 51.8 Å². The number of nitriles is 1. The molecule has 0 N–H and O–H groups in total. The minimum absolute atomic E-state index is 0.0602. The molecule has 0 radical (unpaired) electrons. The third kappa shape index (κ3) is 7.01. The van der Waals surface area contributed by atoms with Gasteiger partial charge in [-0.05, 0) is 61.2 Å². The number of rotatable bonds is 11. The second kappa shape index (κ2) is 15.0. The lowest BCUT2D eigenvalue weighted by Gasteiger charge is -2.39. The maximum Gasteiger partial charge on any atom is 0.270 e. The number of para-hydroxylation sites is 1. The van der Waals surface area contributed by atoms with Crippen LogP contribution >= 0.6 is 24.0 Å². The Balaban J connectivity index is 1.48. The van der Waals surface area contributed by atoms with Crippen LogP contribution < -0.4 is 24.8 Å². The molecule has 3 heterocycles. The zero-order valence-corrected chi connectivity index (χ0v) is 28.7. The fourth-order valence-corrected chi connectivity index (χ4v) is 7.27. The summed E-state index contributed by atoms with van der Waals surface area (Å²) in [6, 6.07) is 14.5. The molecule has 0 bridgehead atoms. The van der Waals surface area contributed by atoms with Gasteiger partial charge in [0, 0.05) is 44.8 Å². The molecular formula is C35H38FN5O4S2. The van der Waals surface area contributed by atoms with Crippen molar-refractivity contribution < 1.29 is 18.7 Å². The highest BCUT2D eigenvalue weighted by atomic mass is 32.2. The molecule has 2 aliphatic rings. The zero-order chi connectivity index (χ0) is 33.7. The highest BCUT2D eigenvalue weighted by molar-refractivity contribution is 8.26. The van der Waals surface area contributed by atoms with Gasteiger partial charge in [-0.2, -0.15) is 5.26 Å². The zero-order valence-electron chi connectivity index (χ0n) is 27.0. The molecule has 47 heavy (non-hydrogen) atoms. The number of amides is 1. The van der Waals surface area contributed by atoms with Crippen LogP contribution in [0.2, 0.25) is 0 Å². The second-order valence-corrected chi connectivity index (χ2v) is 13.0. The monoisotopic (exact) mass is 675 g/mol. The number of anilines is 2. The SMILES string of the molecule is CCCCn1c(N2CCN(c3ccccc3F)CC2)c(C=C2SC(=S)N(CCc3ccc(OC)c(OC)c3)C2=O)c(C)c(C#N)c1=O. The summed E-state index contributed by atoms with van der Waals surface area (Å²) < 4.78 is 27.5. The number of carbonyl (C=O) groups is 1. The molecule has 2 aliphatic heterocycles. The number of hydrogen-bond donors (Lipinski definition) is 0. The summed E-state index contributed by atoms with van der Waals surface area (Å²) in [5.41, 5.74) is 2.40. The van der Waals surface area contributed by atoms with E-state index in [9.17, 15) is 19.2 Å². The number of unbranched alkanes of at least 4 members (excludes halogenated alkanes) is 1. The van der Waals surface area contributed by atoms with Crippen molar-refractivity contribution in [2.24, 2.45) is 0 Å². The van der Waals surface area contributed by atoms with Gasteiger partial charge in [0.15, 0.2) is 11.5 Å². The van der Waals surface area contributed by atoms with E-state index in [-0.39, 0.29) is 22.8 Å². The smallest absolute Gasteiger partial charge is 0.270 e. The number of hydrogen-bond acceptors (Lipinski definition) is 9. The quantitative estimate of drug-likeness (QED) is 0.186. The molecule has 9 nitrogen and oxygen atoms in total. The number of methoxy groups -OCH3 is 2. The Morgan fingerprint density at radius 3 is 2.38 bits per heavy atom. The Morgan fingerprint density at radius 2 is 1.72 bits per heavy atom. The average Bonchev–Trinajstić information content (AvgIpc) is 3.35. The predicted molar refractivity (Wildman–Crippen MR) is 189 cm³/mol. The van der Waals surface area contributed by atoms with Crippen LogP contribution in [0.15, 0.2) is 52.2 Å². The summed E-state index contributed by atoms with van der Waals surface area (Å²) >= 11 is 6.87. The minimum Gasteiger partial charge on any atom is -0.493 e. The molecule has 0 aliphatic carbocycles. The van der Waals surface area contributed by atoms with Crippen LogP contribution in [0.3, 0.4) is 0 Å². The molecule has 0 spiro atoms. The van der Waals surface area contributed by atoms with E-state index in [1.807, 2.05) is 36.1 Å². The van der Waals surface area contributed by atoms with Gasteiger partial charge in [0.05, 0.1) is 24.8 Å². The van der Waals surface area contributed by atoms with Gasteiger partial charge < -0.3 is 19.3 Å². The normalized spacial score (nSPS) is 15.8. The van der Waals surface area contributed by atoms with Crippen molar-refractivity contribution in [2.45, 2.75) is 39.7 Å². The number of benzene rings is 2. The number of thioether (sulfide) groups is 1. The van der Waals surface area contributed by atoms with Crippen LogP contribution in [0.4, 0.5) is 15.9 Å². The lowest BCUT2D eigenvalue weighted by Crippen LogP contribution is -2.49. The number of halogens is 1. The number of thiocarbonyl (C=S) groups is 1. The van der Waals surface area contributed by atoms with Gasteiger partial charge in [-0.1, -0.05) is 55.5 Å². The number of carbonyl (C=O) groups excluding carboxylic acids is 1. The van der Waals surface area contributed by atoms with Gasteiger partial charge >= 0.3 is 0 Å². The fraction of sp³-hybridized carbons (Fsp3) is 0.371. The Bertz CT molecular complexity index is 1810. The predicted octanol–water partition coefficient (Wildman–Crippen LogP) is 5.76. The first-order valence-electron chi connectivity index (χ1n) is 15.6. The van der Waals surface area contributed by atoms with Gasteiger partial charge in [0.2, 0.25) is 0 Å². The second-order valence-electron chi connectivity index (χ2n) is 11.4. The van der Waals surface area contributed by atoms with Gasteiger partial charge in [-0.3, -0.25) is 19.1 Å². The molecule has 2 fully saturated rings. The van der Waals surface area contributed by atoms with E-state index < -0.39 is 0 Å². The molecule has 1 amide bonds. The van der Waals surface area contributed by atoms with Gasteiger partial charge in [0.1, 0.15) is 27.6 Å². The average molecular weight is 676 g/mol. The van der Waals surface area contributed by atoms with Gasteiger partial charge in [0.25, 0.3) is 11.5 Å². The van der Waals surface area contributed by atoms with E-state index in [1.54, 1.807) is 48.8 Å². The Kier molecular flexibility index (Phi) is 10.9. The number of aromatic nitrogens is 1. The fourth-order valence-electron chi connectivity index (χ4n) is 5.98. The van der Waals surface area contributed by atoms with Crippen molar-refractivity contribution in [2.75, 3.05) is 56.7 Å². The Morgan fingerprint density at radius 1 is 1.02 bits per heavy atom. The minimum atomic E-state index is -0.343. The topological polar surface area (TPSA) is 91.0 Å². The molecule has 3 aromatic rings. The van der Waals surface area contributed by atoms with Crippen molar-refractivity contribution in [3.63, 3.8) is 0 Å². The largest absolute Gasteiger partial charge is 0.493 e. The van der Waals surface area contributed by atoms with Crippen LogP contribution in [-0.4, -0.2) is 66.6 Å². The van der Waals surface area contributed by atoms with Crippen LogP contribution in [0.1, 0.15) is 42.0 Å². The lowest BCUT2D eigenvalue weighted by molar-refractivity contribution is -0.122. The summed E-state index contributed by atoms with van der Waals surface area (Å²) in [6.07, 6.45) is 3.94. The van der Waals surface area contributed by atoms with E-state index in [0.29, 0.717) is 89.0 Å². The van der Waals surface area contributed by atoms with Crippen LogP contribution in [0.5, 0.6) is 11.5 Å². The van der Waals surface area contributed by atoms with E-state index >= 15 is 0 Å². The Labute approximate surface area is 284 Å². The first-order valence-corrected chi connectivity index (χ1v) is 16.8. The molecule has 0 atom stereocenters. The molecule has 1 aromatic heterocycles. The van der Waals surface area contributed by atoms with Crippen molar-refractivity contribution in [1.29, 1.82) is 5.26 Å². The molecule has 0 unspecified atom stereocenters. The Hall–Kier alpha value is -4.34. The van der Waals surface area contributed by atoms with Gasteiger partial charge in [-0.25, -0.2) is 4.39 Å². The van der Waals surface area contributed by atoms with Crippen LogP contribution in [0, 0.1) is 24.1 Å². The third-order valence-corrected chi connectivity index (χ3v) is 9.95. The molecular weight excluding hydrogens is 638 g/mol. The molecule has 246 valence electrons. The van der Waals surface area contributed by atoms with E-state index in [0.717, 1.165) is 18.4 Å². The van der Waals surface area contributed by atoms with Crippen molar-refractivity contribution in [1.82, 2.24) is 9.47 Å². The summed E-state index contributed by atoms with van der Waals surface area (Å²) in [6.45, 7) is 6.75. The maximum atomic E-state index is 14.6. The molecule has 2 saturated heterocycles. The highest BCUT2D eigenvalue weighted by Gasteiger charge is 2.34. The van der Waals surface area contributed by atoms with E-state index in [2.05, 4.69) is 11.0 Å². The first kappa shape index (κ1) is 34.0. The standard InChI is InChI=1S/C35H38FN5O4S2/c1-5-6-14-40-32(39-18-16-38(17-19-39)28-10-8-7-9-27(28)36)25(23(2)26(22-37)33(40)42)21-31-34(43)41(35(46)47-31)15-13-24-11-12-29(44-3)30(20-24)45-4/h7-12,20-21H,5-6,13-19H2,1-4H3.